The molecule has 2 fully saturated rings. The normalized spacial score (nSPS) is 31.1. The van der Waals surface area contributed by atoms with Crippen LogP contribution in [0.4, 0.5) is 0 Å². The zero-order chi connectivity index (χ0) is 12.1. The maximum absolute atomic E-state index is 3.87. The Morgan fingerprint density at radius 2 is 1.82 bits per heavy atom. The first kappa shape index (κ1) is 13.4. The lowest BCUT2D eigenvalue weighted by Gasteiger charge is -2.35. The Morgan fingerprint density at radius 1 is 1.06 bits per heavy atom. The van der Waals surface area contributed by atoms with Crippen molar-refractivity contribution < 1.29 is 0 Å². The van der Waals surface area contributed by atoms with Crippen molar-refractivity contribution in [3.8, 4) is 0 Å². The summed E-state index contributed by atoms with van der Waals surface area (Å²) in [5.74, 6) is 0. The van der Waals surface area contributed by atoms with E-state index in [-0.39, 0.29) is 0 Å². The number of likely N-dealkylation sites (tertiary alicyclic amines) is 1. The first-order valence-corrected chi connectivity index (χ1v) is 7.60. The Labute approximate surface area is 107 Å². The molecule has 0 aromatic carbocycles. The second-order valence-corrected chi connectivity index (χ2v) is 6.68. The van der Waals surface area contributed by atoms with Gasteiger partial charge in [-0.15, -0.1) is 0 Å². The number of nitrogens with one attached hydrogen (secondary N) is 1. The van der Waals surface area contributed by atoms with Crippen LogP contribution in [0, 0.1) is 5.41 Å². The van der Waals surface area contributed by atoms with Crippen LogP contribution in [-0.4, -0.2) is 37.6 Å². The molecule has 1 aliphatic heterocycles. The van der Waals surface area contributed by atoms with E-state index in [0.29, 0.717) is 5.41 Å². The molecule has 1 N–H and O–H groups in total. The molecule has 1 heterocycles. The molecule has 0 spiro atoms. The lowest BCUT2D eigenvalue weighted by molar-refractivity contribution is 0.197. The Kier molecular flexibility index (Phi) is 4.87. The van der Waals surface area contributed by atoms with E-state index in [4.69, 9.17) is 0 Å². The van der Waals surface area contributed by atoms with Gasteiger partial charge in [0.25, 0.3) is 0 Å². The van der Waals surface area contributed by atoms with Crippen molar-refractivity contribution >= 4 is 0 Å². The average molecular weight is 238 g/mol. The van der Waals surface area contributed by atoms with Gasteiger partial charge in [-0.3, -0.25) is 0 Å². The lowest BCUT2D eigenvalue weighted by Crippen LogP contribution is -2.39. The predicted molar refractivity (Wildman–Crippen MR) is 74.3 cm³/mol. The number of hydrogen-bond donors (Lipinski definition) is 1. The van der Waals surface area contributed by atoms with Crippen LogP contribution in [0.25, 0.3) is 0 Å². The first-order chi connectivity index (χ1) is 8.18. The predicted octanol–water partition coefficient (Wildman–Crippen LogP) is 3.03. The van der Waals surface area contributed by atoms with Gasteiger partial charge in [0.05, 0.1) is 0 Å². The molecule has 0 radical (unpaired) electrons. The van der Waals surface area contributed by atoms with Crippen LogP contribution in [0.5, 0.6) is 0 Å². The van der Waals surface area contributed by atoms with E-state index in [1.165, 1.54) is 71.0 Å². The summed E-state index contributed by atoms with van der Waals surface area (Å²) >= 11 is 0. The second-order valence-electron chi connectivity index (χ2n) is 6.68. The summed E-state index contributed by atoms with van der Waals surface area (Å²) < 4.78 is 0. The smallest absolute Gasteiger partial charge is 0.00799 e. The third-order valence-corrected chi connectivity index (χ3v) is 4.83. The summed E-state index contributed by atoms with van der Waals surface area (Å²) in [6.07, 6.45) is 11.3. The van der Waals surface area contributed by atoms with Gasteiger partial charge in [0.1, 0.15) is 0 Å². The molecule has 0 aromatic rings. The monoisotopic (exact) mass is 238 g/mol. The third-order valence-electron chi connectivity index (χ3n) is 4.83. The van der Waals surface area contributed by atoms with Gasteiger partial charge in [-0.05, 0) is 57.7 Å². The zero-order valence-electron chi connectivity index (χ0n) is 11.8. The Hall–Kier alpha value is -0.0800. The maximum atomic E-state index is 3.87. The zero-order valence-corrected chi connectivity index (χ0v) is 11.8. The minimum atomic E-state index is 0.594. The maximum Gasteiger partial charge on any atom is 0.00799 e. The van der Waals surface area contributed by atoms with Crippen LogP contribution in [0.1, 0.15) is 58.3 Å². The summed E-state index contributed by atoms with van der Waals surface area (Å²) in [6.45, 7) is 6.30. The van der Waals surface area contributed by atoms with Crippen molar-refractivity contribution in [1.82, 2.24) is 10.2 Å². The molecule has 1 atom stereocenters. The molecule has 2 aliphatic rings. The van der Waals surface area contributed by atoms with Crippen molar-refractivity contribution in [2.45, 2.75) is 64.3 Å². The van der Waals surface area contributed by atoms with Crippen LogP contribution in [0.2, 0.25) is 0 Å². The van der Waals surface area contributed by atoms with Crippen molar-refractivity contribution in [3.05, 3.63) is 0 Å². The number of nitrogens with zero attached hydrogens (tertiary/aromatic N) is 1. The average Bonchev–Trinajstić information content (AvgIpc) is 2.53. The van der Waals surface area contributed by atoms with Crippen LogP contribution >= 0.6 is 0 Å². The molecule has 17 heavy (non-hydrogen) atoms. The fourth-order valence-electron chi connectivity index (χ4n) is 3.42. The fourth-order valence-corrected chi connectivity index (χ4v) is 3.42. The lowest BCUT2D eigenvalue weighted by atomic mass is 9.75. The Morgan fingerprint density at radius 3 is 2.59 bits per heavy atom. The molecule has 2 nitrogen and oxygen atoms in total. The van der Waals surface area contributed by atoms with Gasteiger partial charge in [0, 0.05) is 12.6 Å². The van der Waals surface area contributed by atoms with Gasteiger partial charge >= 0.3 is 0 Å². The molecule has 100 valence electrons. The highest BCUT2D eigenvalue weighted by Gasteiger charge is 2.27. The van der Waals surface area contributed by atoms with E-state index in [9.17, 15) is 0 Å². The fraction of sp³-hybridized carbons (Fsp3) is 1.00. The summed E-state index contributed by atoms with van der Waals surface area (Å²) in [4.78, 5) is 2.48. The van der Waals surface area contributed by atoms with Crippen LogP contribution < -0.4 is 5.32 Å². The minimum Gasteiger partial charge on any atom is -0.313 e. The second kappa shape index (κ2) is 6.19. The van der Waals surface area contributed by atoms with E-state index in [1.807, 2.05) is 0 Å². The summed E-state index contributed by atoms with van der Waals surface area (Å²) in [5.41, 5.74) is 0.594. The van der Waals surface area contributed by atoms with Gasteiger partial charge in [-0.2, -0.15) is 0 Å². The molecule has 1 saturated carbocycles. The van der Waals surface area contributed by atoms with Crippen molar-refractivity contribution in [1.29, 1.82) is 0 Å². The highest BCUT2D eigenvalue weighted by molar-refractivity contribution is 4.83. The molecule has 1 unspecified atom stereocenters. The van der Waals surface area contributed by atoms with Crippen molar-refractivity contribution in [3.63, 3.8) is 0 Å². The number of hydrogen-bond acceptors (Lipinski definition) is 2. The molecule has 0 amide bonds. The third kappa shape index (κ3) is 4.26. The Bertz CT molecular complexity index is 221. The molecule has 0 aromatic heterocycles. The molecule has 2 rings (SSSR count). The Balaban J connectivity index is 1.73. The van der Waals surface area contributed by atoms with Crippen molar-refractivity contribution in [2.75, 3.05) is 26.7 Å². The standard InChI is InChI=1S/C15H30N2/c1-15(9-4-3-5-10-15)13-16-14-7-6-11-17(2)12-8-14/h14,16H,3-13H2,1-2H3. The first-order valence-electron chi connectivity index (χ1n) is 7.60. The summed E-state index contributed by atoms with van der Waals surface area (Å²) in [5, 5.41) is 3.87. The van der Waals surface area contributed by atoms with E-state index in [0.717, 1.165) is 6.04 Å². The molecule has 1 saturated heterocycles. The van der Waals surface area contributed by atoms with Gasteiger partial charge in [-0.25, -0.2) is 0 Å². The molecular formula is C15H30N2. The van der Waals surface area contributed by atoms with Gasteiger partial charge < -0.3 is 10.2 Å². The van der Waals surface area contributed by atoms with Gasteiger partial charge in [0.2, 0.25) is 0 Å². The van der Waals surface area contributed by atoms with Crippen LogP contribution in [0.3, 0.4) is 0 Å². The minimum absolute atomic E-state index is 0.594. The van der Waals surface area contributed by atoms with Crippen LogP contribution in [0.15, 0.2) is 0 Å². The molecule has 0 bridgehead atoms. The number of rotatable bonds is 3. The summed E-state index contributed by atoms with van der Waals surface area (Å²) in [7, 11) is 2.25. The van der Waals surface area contributed by atoms with E-state index >= 15 is 0 Å². The molecule has 1 aliphatic carbocycles. The van der Waals surface area contributed by atoms with E-state index < -0.39 is 0 Å². The SMILES string of the molecule is CN1CCCC(NCC2(C)CCCCC2)CC1. The summed E-state index contributed by atoms with van der Waals surface area (Å²) in [6, 6.07) is 0.777. The van der Waals surface area contributed by atoms with Gasteiger partial charge in [0.15, 0.2) is 0 Å². The highest BCUT2D eigenvalue weighted by atomic mass is 15.1. The quantitative estimate of drug-likeness (QED) is 0.813. The van der Waals surface area contributed by atoms with E-state index in [1.54, 1.807) is 0 Å². The molecule has 2 heteroatoms. The van der Waals surface area contributed by atoms with Crippen molar-refractivity contribution in [2.24, 2.45) is 5.41 Å². The van der Waals surface area contributed by atoms with Gasteiger partial charge in [-0.1, -0.05) is 26.2 Å². The largest absolute Gasteiger partial charge is 0.313 e. The van der Waals surface area contributed by atoms with Crippen LogP contribution in [-0.2, 0) is 0 Å². The topological polar surface area (TPSA) is 15.3 Å². The van der Waals surface area contributed by atoms with E-state index in [2.05, 4.69) is 24.2 Å². The highest BCUT2D eigenvalue weighted by Crippen LogP contribution is 2.35. The molecular weight excluding hydrogens is 208 g/mol.